The molecule has 0 radical (unpaired) electrons. The van der Waals surface area contributed by atoms with Crippen molar-refractivity contribution in [3.63, 3.8) is 0 Å². The van der Waals surface area contributed by atoms with Gasteiger partial charge in [-0.3, -0.25) is 29.3 Å². The van der Waals surface area contributed by atoms with E-state index in [0.29, 0.717) is 71.3 Å². The van der Waals surface area contributed by atoms with E-state index in [1.165, 1.54) is 19.0 Å². The smallest absolute Gasteiger partial charge is 0.412 e. The van der Waals surface area contributed by atoms with Gasteiger partial charge in [-0.05, 0) is 270 Å². The molecule has 9 aromatic carbocycles. The highest BCUT2D eigenvalue weighted by Gasteiger charge is 2.40. The van der Waals surface area contributed by atoms with E-state index in [1.54, 1.807) is 140 Å². The SMILES string of the molecule is C.C.CC(C)(C)OC(N)=O.CO.COc1ccc(CN2C(=O)c3ccc(Br)cc3C2C)c(OC)c1.COc1ccc(CN2C(=O)c3ccc(N)cc3C2C)c(OC)c1.COc1ccc(CN2C(=O)c3ccc(NC(=O)OC(C)(C)C)cc3C2C)c(OC)c1.COc1ccc(CN2C(=O)c3ccc(Nc4cc(C)ncn4)cc3C2C)c(OC)c1.Cc1cc(Cl)ncn1.Cc1cc(Nc2ccc3c(c2)C(C)NC3=O)ncn1. The summed E-state index contributed by atoms with van der Waals surface area (Å²) in [5.41, 5.74) is 27.5. The summed E-state index contributed by atoms with van der Waals surface area (Å²) >= 11 is 8.97. The van der Waals surface area contributed by atoms with Gasteiger partial charge in [-0.1, -0.05) is 42.4 Å². The summed E-state index contributed by atoms with van der Waals surface area (Å²) in [4.78, 5) is 117. The van der Waals surface area contributed by atoms with Crippen LogP contribution in [0.1, 0.15) is 240 Å². The zero-order valence-electron chi connectivity index (χ0n) is 84.5. The van der Waals surface area contributed by atoms with Crippen LogP contribution >= 0.6 is 27.5 Å². The number of carbonyl (C=O) groups is 7. The first-order chi connectivity index (χ1) is 68.0. The van der Waals surface area contributed by atoms with Gasteiger partial charge < -0.3 is 99.5 Å². The molecule has 0 saturated carbocycles. The average Bonchev–Trinajstić information content (AvgIpc) is 1.64. The minimum Gasteiger partial charge on any atom is -0.497 e. The van der Waals surface area contributed by atoms with E-state index in [0.717, 1.165) is 147 Å². The number of aromatic nitrogens is 6. The van der Waals surface area contributed by atoms with Gasteiger partial charge in [-0.25, -0.2) is 39.5 Å². The first-order valence-electron chi connectivity index (χ1n) is 45.5. The number of nitrogens with zero attached hydrogens (tertiary/aromatic N) is 10. The zero-order valence-corrected chi connectivity index (χ0v) is 86.9. The summed E-state index contributed by atoms with van der Waals surface area (Å²) in [5.74, 6) is 7.16. The number of anilines is 6. The maximum Gasteiger partial charge on any atom is 0.412 e. The average molecular weight is 2070 g/mol. The maximum absolute atomic E-state index is 13.1. The van der Waals surface area contributed by atoms with Crippen molar-refractivity contribution >= 4 is 104 Å². The summed E-state index contributed by atoms with van der Waals surface area (Å²) in [7, 11) is 13.9. The molecule has 0 spiro atoms. The lowest BCUT2D eigenvalue weighted by Crippen LogP contribution is -2.27. The lowest BCUT2D eigenvalue weighted by molar-refractivity contribution is 0.0595. The number of benzene rings is 9. The number of aliphatic hydroxyl groups is 1. The Balaban J connectivity index is 0.000000212. The lowest BCUT2D eigenvalue weighted by Gasteiger charge is -2.23. The Morgan fingerprint density at radius 2 is 0.717 bits per heavy atom. The van der Waals surface area contributed by atoms with Crippen molar-refractivity contribution in [3.8, 4) is 46.0 Å². The Hall–Kier alpha value is -15.4. The van der Waals surface area contributed by atoms with Gasteiger partial charge in [-0.2, -0.15) is 0 Å². The van der Waals surface area contributed by atoms with Crippen LogP contribution in [0.4, 0.5) is 44.0 Å². The number of carbonyl (C=O) groups excluding carboxylic acids is 7. The topological polar surface area (TPSA) is 422 Å². The third-order valence-electron chi connectivity index (χ3n) is 23.3. The molecule has 5 unspecified atom stereocenters. The van der Waals surface area contributed by atoms with Gasteiger partial charge in [0.15, 0.2) is 0 Å². The Bertz CT molecular complexity index is 6420. The number of aryl methyl sites for hydroxylation is 3. The van der Waals surface area contributed by atoms with E-state index in [1.807, 2.05) is 216 Å². The number of nitrogens with one attached hydrogen (secondary N) is 4. The number of nitrogen functional groups attached to an aromatic ring is 1. The number of methoxy groups -OCH3 is 8. The second kappa shape index (κ2) is 52.1. The van der Waals surface area contributed by atoms with Crippen molar-refractivity contribution in [2.45, 2.75) is 179 Å². The fraction of sp³-hybridized carbons (Fsp3) is 0.330. The number of hydrogen-bond acceptors (Lipinski definition) is 27. The predicted molar refractivity (Wildman–Crippen MR) is 565 cm³/mol. The number of nitrogens with two attached hydrogens (primary N) is 2. The van der Waals surface area contributed by atoms with Crippen molar-refractivity contribution in [1.29, 1.82) is 0 Å². The molecule has 0 aliphatic carbocycles. The molecule has 8 heterocycles. The molecule has 36 heteroatoms. The van der Waals surface area contributed by atoms with Gasteiger partial charge in [0.05, 0.1) is 113 Å². The first kappa shape index (κ1) is 115. The number of aliphatic hydroxyl groups excluding tert-OH is 1. The van der Waals surface area contributed by atoms with E-state index in [-0.39, 0.29) is 74.6 Å². The van der Waals surface area contributed by atoms with Crippen molar-refractivity contribution in [3.05, 3.63) is 306 Å². The number of hydrogen-bond donors (Lipinski definition) is 7. The van der Waals surface area contributed by atoms with Gasteiger partial charge >= 0.3 is 12.2 Å². The van der Waals surface area contributed by atoms with E-state index < -0.39 is 23.4 Å². The number of fused-ring (bicyclic) bond motifs is 5. The maximum atomic E-state index is 13.1. The molecule has 0 saturated heterocycles. The van der Waals surface area contributed by atoms with E-state index in [4.69, 9.17) is 70.8 Å². The molecular weight excluding hydrogens is 1940 g/mol. The standard InChI is InChI=1S/C23H24N4O3.C23H28N2O5.C18H18BrNO3.C18H20N2O3.C14H14N4O.C5H5ClN2.C5H11NO2.CH4O.2CH4/c1-14-9-22(25-13-24-14)26-17-6-8-19-20(10-17)15(2)27(23(19)28)12-16-5-7-18(29-3)11-21(16)30-4;1-14-19-11-16(24-22(27)30-23(2,3)4)8-10-18(19)21(26)25(14)13-15-7-9-17(28-5)12-20(15)29-6;2*1-11-16-8-13(19)5-7-15(16)18(21)20(11)10-12-4-6-14(22-2)9-17(12)23-3;1-8-5-13(16-7-15-8)18-10-3-4-11-12(6-10)9(2)17-14(11)19;1-4-2-5(6)8-3-7-4;1-5(2,3)8-4(6)7;1-2;;/h5-11,13,15H,12H2,1-4H3,(H,24,25,26);7-12,14H,13H2,1-6H3,(H,24,27);4-9,11H,10H2,1-3H3;4-9,11H,10,19H2,1-3H3;3-7,9H,1-2H3,(H,17,19)(H,15,16,18);2-3H,1H3;1-3H3,(H2,6,7);2H,1H3;2*1H4. The molecule has 145 heavy (non-hydrogen) atoms. The Morgan fingerprint density at radius 3 is 1.04 bits per heavy atom. The molecular formula is C109H132BrClN16O18. The van der Waals surface area contributed by atoms with Crippen molar-refractivity contribution in [2.24, 2.45) is 5.73 Å². The van der Waals surface area contributed by atoms with Gasteiger partial charge in [0.25, 0.3) is 29.5 Å². The Kier molecular flexibility index (Phi) is 41.3. The number of rotatable bonds is 21. The molecule has 5 atom stereocenters. The summed E-state index contributed by atoms with van der Waals surface area (Å²) in [5, 5.41) is 19.6. The van der Waals surface area contributed by atoms with Crippen molar-refractivity contribution < 1.29 is 86.0 Å². The van der Waals surface area contributed by atoms with Crippen LogP contribution in [0, 0.1) is 20.8 Å². The highest BCUT2D eigenvalue weighted by atomic mass is 79.9. The fourth-order valence-corrected chi connectivity index (χ4v) is 16.7. The monoisotopic (exact) mass is 2070 g/mol. The molecule has 7 amide bonds. The van der Waals surface area contributed by atoms with Gasteiger partial charge in [0, 0.05) is 138 Å². The molecule has 0 bridgehead atoms. The largest absolute Gasteiger partial charge is 0.497 e. The van der Waals surface area contributed by atoms with Crippen LogP contribution < -0.4 is 70.6 Å². The van der Waals surface area contributed by atoms with Crippen LogP contribution in [0.5, 0.6) is 46.0 Å². The Morgan fingerprint density at radius 1 is 0.400 bits per heavy atom. The first-order valence-corrected chi connectivity index (χ1v) is 46.7. The molecule has 5 aliphatic heterocycles. The minimum absolute atomic E-state index is 0. The van der Waals surface area contributed by atoms with E-state index in [9.17, 15) is 33.6 Å². The molecule has 5 aliphatic rings. The Labute approximate surface area is 861 Å². The highest BCUT2D eigenvalue weighted by molar-refractivity contribution is 9.10. The second-order valence-electron chi connectivity index (χ2n) is 35.3. The second-order valence-corrected chi connectivity index (χ2v) is 36.6. The molecule has 3 aromatic heterocycles. The molecule has 34 nitrogen and oxygen atoms in total. The normalized spacial score (nSPS) is 14.9. The summed E-state index contributed by atoms with van der Waals surface area (Å²) in [6.07, 6.45) is 3.24. The van der Waals surface area contributed by atoms with Gasteiger partial charge in [-0.15, -0.1) is 0 Å². The lowest BCUT2D eigenvalue weighted by atomic mass is 10.0. The molecule has 12 aromatic rings. The number of ether oxygens (including phenoxy) is 10. The molecule has 770 valence electrons. The molecule has 9 N–H and O–H groups in total. The number of halogens is 2. The summed E-state index contributed by atoms with van der Waals surface area (Å²) in [6, 6.07) is 55.8. The minimum atomic E-state index is -0.725. The van der Waals surface area contributed by atoms with Crippen LogP contribution in [0.3, 0.4) is 0 Å². The van der Waals surface area contributed by atoms with Crippen molar-refractivity contribution in [2.75, 3.05) is 85.7 Å². The van der Waals surface area contributed by atoms with Crippen LogP contribution in [-0.2, 0) is 35.7 Å². The van der Waals surface area contributed by atoms with Crippen LogP contribution in [-0.4, -0.2) is 172 Å². The molecule has 17 rings (SSSR count). The quantitative estimate of drug-likeness (QED) is 0.0259. The van der Waals surface area contributed by atoms with Crippen LogP contribution in [0.15, 0.2) is 205 Å². The third-order valence-corrected chi connectivity index (χ3v) is 24.0. The van der Waals surface area contributed by atoms with E-state index >= 15 is 0 Å². The summed E-state index contributed by atoms with van der Waals surface area (Å²) < 4.78 is 53.6. The van der Waals surface area contributed by atoms with E-state index in [2.05, 4.69) is 71.8 Å². The number of amides is 7. The number of primary amides is 1. The van der Waals surface area contributed by atoms with Crippen LogP contribution in [0.25, 0.3) is 0 Å². The fourth-order valence-electron chi connectivity index (χ4n) is 16.1. The highest BCUT2D eigenvalue weighted by Crippen LogP contribution is 2.44. The van der Waals surface area contributed by atoms with Crippen molar-refractivity contribution in [1.82, 2.24) is 54.8 Å². The summed E-state index contributed by atoms with van der Waals surface area (Å²) in [6.45, 7) is 28.3. The molecule has 0 fully saturated rings. The third kappa shape index (κ3) is 30.1. The van der Waals surface area contributed by atoms with Crippen LogP contribution in [0.2, 0.25) is 5.15 Å². The predicted octanol–water partition coefficient (Wildman–Crippen LogP) is 21.7. The van der Waals surface area contributed by atoms with Gasteiger partial charge in [0.2, 0.25) is 0 Å². The zero-order chi connectivity index (χ0) is 105. The van der Waals surface area contributed by atoms with Gasteiger partial charge in [0.1, 0.15) is 93.0 Å².